The van der Waals surface area contributed by atoms with Crippen LogP contribution in [0.25, 0.3) is 0 Å². The van der Waals surface area contributed by atoms with Crippen molar-refractivity contribution in [3.63, 3.8) is 0 Å². The molecule has 0 radical (unpaired) electrons. The number of methoxy groups -OCH3 is 1. The van der Waals surface area contributed by atoms with Crippen LogP contribution < -0.4 is 14.8 Å². The van der Waals surface area contributed by atoms with Gasteiger partial charge in [-0.05, 0) is 62.7 Å². The zero-order chi connectivity index (χ0) is 19.8. The van der Waals surface area contributed by atoms with E-state index in [1.54, 1.807) is 13.4 Å². The highest BCUT2D eigenvalue weighted by atomic mass is 16.5. The molecular weight excluding hydrogens is 350 g/mol. The summed E-state index contributed by atoms with van der Waals surface area (Å²) in [5.41, 5.74) is 2.45. The molecule has 148 valence electrons. The number of para-hydroxylation sites is 1. The highest BCUT2D eigenvalue weighted by Gasteiger charge is 2.18. The number of rotatable bonds is 10. The average Bonchev–Trinajstić information content (AvgIpc) is 3.22. The van der Waals surface area contributed by atoms with Crippen LogP contribution in [0.2, 0.25) is 0 Å². The molecule has 1 aromatic heterocycles. The smallest absolute Gasteiger partial charge is 0.122 e. The Morgan fingerprint density at radius 2 is 1.75 bits per heavy atom. The first kappa shape index (κ1) is 20.0. The number of hydrogen-bond donors (Lipinski definition) is 1. The first-order chi connectivity index (χ1) is 13.7. The molecule has 3 aromatic rings. The van der Waals surface area contributed by atoms with E-state index in [4.69, 9.17) is 13.9 Å². The lowest BCUT2D eigenvalue weighted by atomic mass is 9.88. The zero-order valence-corrected chi connectivity index (χ0v) is 16.9. The van der Waals surface area contributed by atoms with E-state index in [1.165, 1.54) is 11.1 Å². The predicted octanol–water partition coefficient (Wildman–Crippen LogP) is 5.39. The molecule has 0 fully saturated rings. The van der Waals surface area contributed by atoms with Crippen LogP contribution in [-0.4, -0.2) is 19.8 Å². The van der Waals surface area contributed by atoms with Gasteiger partial charge in [0.2, 0.25) is 0 Å². The first-order valence-electron chi connectivity index (χ1n) is 9.80. The average molecular weight is 380 g/mol. The molecule has 0 spiro atoms. The molecule has 0 amide bonds. The van der Waals surface area contributed by atoms with Gasteiger partial charge >= 0.3 is 0 Å². The van der Waals surface area contributed by atoms with Crippen molar-refractivity contribution in [1.29, 1.82) is 0 Å². The van der Waals surface area contributed by atoms with E-state index >= 15 is 0 Å². The van der Waals surface area contributed by atoms with Crippen molar-refractivity contribution >= 4 is 0 Å². The van der Waals surface area contributed by atoms with Crippen LogP contribution in [0.4, 0.5) is 0 Å². The van der Waals surface area contributed by atoms with Crippen LogP contribution in [0.3, 0.4) is 0 Å². The molecule has 0 aliphatic carbocycles. The van der Waals surface area contributed by atoms with Gasteiger partial charge in [0.05, 0.1) is 26.0 Å². The van der Waals surface area contributed by atoms with Gasteiger partial charge in [0.25, 0.3) is 0 Å². The molecule has 0 aliphatic heterocycles. The lowest BCUT2D eigenvalue weighted by Gasteiger charge is -2.21. The van der Waals surface area contributed by atoms with Gasteiger partial charge in [0.1, 0.15) is 17.3 Å². The zero-order valence-electron chi connectivity index (χ0n) is 16.9. The van der Waals surface area contributed by atoms with Crippen LogP contribution in [0, 0.1) is 0 Å². The summed E-state index contributed by atoms with van der Waals surface area (Å²) in [5.74, 6) is 2.99. The SMILES string of the molecule is COc1ccccc1[C@H](CCNCc1ccco1)c1ccc(OC(C)C)cc1. The Balaban J connectivity index is 1.75. The Kier molecular flexibility index (Phi) is 7.15. The molecule has 0 aliphatic rings. The fourth-order valence-electron chi connectivity index (χ4n) is 3.38. The van der Waals surface area contributed by atoms with Crippen LogP contribution in [0.1, 0.15) is 43.1 Å². The number of hydrogen-bond acceptors (Lipinski definition) is 4. The number of benzene rings is 2. The third kappa shape index (κ3) is 5.40. The minimum absolute atomic E-state index is 0.168. The van der Waals surface area contributed by atoms with Crippen LogP contribution in [0.5, 0.6) is 11.5 Å². The number of ether oxygens (including phenoxy) is 2. The topological polar surface area (TPSA) is 43.6 Å². The molecule has 2 aromatic carbocycles. The van der Waals surface area contributed by atoms with Crippen molar-refractivity contribution in [2.24, 2.45) is 0 Å². The summed E-state index contributed by atoms with van der Waals surface area (Å²) in [6.07, 6.45) is 2.82. The maximum atomic E-state index is 5.79. The Hall–Kier alpha value is -2.72. The summed E-state index contributed by atoms with van der Waals surface area (Å²) >= 11 is 0. The van der Waals surface area contributed by atoms with Crippen molar-refractivity contribution in [3.8, 4) is 11.5 Å². The molecular formula is C24H29NO3. The fraction of sp³-hybridized carbons (Fsp3) is 0.333. The summed E-state index contributed by atoms with van der Waals surface area (Å²) in [4.78, 5) is 0. The normalized spacial score (nSPS) is 12.1. The van der Waals surface area contributed by atoms with Gasteiger partial charge in [-0.15, -0.1) is 0 Å². The minimum atomic E-state index is 0.168. The lowest BCUT2D eigenvalue weighted by molar-refractivity contribution is 0.242. The molecule has 1 atom stereocenters. The molecule has 0 bridgehead atoms. The summed E-state index contributed by atoms with van der Waals surface area (Å²) in [6.45, 7) is 5.67. The predicted molar refractivity (Wildman–Crippen MR) is 112 cm³/mol. The Bertz CT molecular complexity index is 825. The second-order valence-corrected chi connectivity index (χ2v) is 7.07. The molecule has 28 heavy (non-hydrogen) atoms. The quantitative estimate of drug-likeness (QED) is 0.480. The first-order valence-corrected chi connectivity index (χ1v) is 9.80. The van der Waals surface area contributed by atoms with Crippen molar-refractivity contribution in [3.05, 3.63) is 83.8 Å². The van der Waals surface area contributed by atoms with Gasteiger partial charge in [-0.25, -0.2) is 0 Å². The maximum Gasteiger partial charge on any atom is 0.122 e. The van der Waals surface area contributed by atoms with E-state index in [0.717, 1.165) is 36.8 Å². The number of nitrogens with one attached hydrogen (secondary N) is 1. The molecule has 0 saturated heterocycles. The molecule has 1 N–H and O–H groups in total. The second kappa shape index (κ2) is 10.00. The van der Waals surface area contributed by atoms with E-state index in [0.29, 0.717) is 0 Å². The summed E-state index contributed by atoms with van der Waals surface area (Å²) in [6, 6.07) is 20.5. The van der Waals surface area contributed by atoms with Gasteiger partial charge in [0.15, 0.2) is 0 Å². The van der Waals surface area contributed by atoms with Gasteiger partial charge in [0, 0.05) is 11.5 Å². The van der Waals surface area contributed by atoms with Gasteiger partial charge in [-0.1, -0.05) is 30.3 Å². The molecule has 4 heteroatoms. The van der Waals surface area contributed by atoms with E-state index in [2.05, 4.69) is 29.6 Å². The van der Waals surface area contributed by atoms with Crippen molar-refractivity contribution in [2.45, 2.75) is 38.8 Å². The van der Waals surface area contributed by atoms with Crippen molar-refractivity contribution < 1.29 is 13.9 Å². The summed E-state index contributed by atoms with van der Waals surface area (Å²) in [7, 11) is 1.73. The van der Waals surface area contributed by atoms with E-state index in [1.807, 2.05) is 50.2 Å². The number of furan rings is 1. The van der Waals surface area contributed by atoms with Crippen LogP contribution in [0.15, 0.2) is 71.3 Å². The van der Waals surface area contributed by atoms with Gasteiger partial charge in [-0.3, -0.25) is 0 Å². The summed E-state index contributed by atoms with van der Waals surface area (Å²) < 4.78 is 16.8. The highest BCUT2D eigenvalue weighted by Crippen LogP contribution is 2.34. The highest BCUT2D eigenvalue weighted by molar-refractivity contribution is 5.43. The van der Waals surface area contributed by atoms with E-state index in [-0.39, 0.29) is 12.0 Å². The second-order valence-electron chi connectivity index (χ2n) is 7.07. The third-order valence-electron chi connectivity index (χ3n) is 4.66. The Labute approximate surface area is 167 Å². The molecule has 3 rings (SSSR count). The van der Waals surface area contributed by atoms with Gasteiger partial charge < -0.3 is 19.2 Å². The van der Waals surface area contributed by atoms with Crippen LogP contribution in [-0.2, 0) is 6.54 Å². The van der Waals surface area contributed by atoms with E-state index < -0.39 is 0 Å². The molecule has 0 unspecified atom stereocenters. The maximum absolute atomic E-state index is 5.79. The van der Waals surface area contributed by atoms with Gasteiger partial charge in [-0.2, -0.15) is 0 Å². The minimum Gasteiger partial charge on any atom is -0.496 e. The summed E-state index contributed by atoms with van der Waals surface area (Å²) in [5, 5.41) is 3.47. The largest absolute Gasteiger partial charge is 0.496 e. The standard InChI is InChI=1S/C24H29NO3/c1-18(2)28-20-12-10-19(11-13-20)22(23-8-4-5-9-24(23)26-3)14-15-25-17-21-7-6-16-27-21/h4-13,16,18,22,25H,14-15,17H2,1-3H3/t22-/m1/s1. The monoisotopic (exact) mass is 379 g/mol. The Morgan fingerprint density at radius 3 is 2.43 bits per heavy atom. The lowest BCUT2D eigenvalue weighted by Crippen LogP contribution is -2.18. The molecule has 4 nitrogen and oxygen atoms in total. The molecule has 0 saturated carbocycles. The van der Waals surface area contributed by atoms with Crippen molar-refractivity contribution in [2.75, 3.05) is 13.7 Å². The van der Waals surface area contributed by atoms with E-state index in [9.17, 15) is 0 Å². The Morgan fingerprint density at radius 1 is 0.964 bits per heavy atom. The third-order valence-corrected chi connectivity index (χ3v) is 4.66. The van der Waals surface area contributed by atoms with Crippen molar-refractivity contribution in [1.82, 2.24) is 5.32 Å². The fourth-order valence-corrected chi connectivity index (χ4v) is 3.38. The van der Waals surface area contributed by atoms with Crippen LogP contribution >= 0.6 is 0 Å². The molecule has 1 heterocycles.